The third-order valence-electron chi connectivity index (χ3n) is 5.38. The maximum atomic E-state index is 12.8. The van der Waals surface area contributed by atoms with Crippen LogP contribution in [0.2, 0.25) is 0 Å². The number of piperidine rings is 1. The number of carbonyl (C=O) groups excluding carboxylic acids is 1. The van der Waals surface area contributed by atoms with Gasteiger partial charge in [0.05, 0.1) is 5.92 Å². The van der Waals surface area contributed by atoms with Gasteiger partial charge in [0.2, 0.25) is 5.91 Å². The predicted molar refractivity (Wildman–Crippen MR) is 103 cm³/mol. The summed E-state index contributed by atoms with van der Waals surface area (Å²) in [5.41, 5.74) is 2.99. The van der Waals surface area contributed by atoms with Gasteiger partial charge in [0.25, 0.3) is 0 Å². The molecule has 1 saturated heterocycles. The van der Waals surface area contributed by atoms with Crippen molar-refractivity contribution in [3.05, 3.63) is 72.1 Å². The molecule has 1 fully saturated rings. The fraction of sp³-hybridized carbons (Fsp3) is 0.318. The van der Waals surface area contributed by atoms with Crippen LogP contribution in [0.1, 0.15) is 42.9 Å². The molecule has 1 atom stereocenters. The molecule has 0 saturated carbocycles. The van der Waals surface area contributed by atoms with Crippen molar-refractivity contribution in [2.45, 2.75) is 31.6 Å². The van der Waals surface area contributed by atoms with Crippen LogP contribution >= 0.6 is 0 Å². The van der Waals surface area contributed by atoms with E-state index in [2.05, 4.69) is 17.1 Å². The van der Waals surface area contributed by atoms with Crippen LogP contribution in [0, 0.1) is 0 Å². The van der Waals surface area contributed by atoms with Gasteiger partial charge in [-0.05, 0) is 49.6 Å². The zero-order valence-electron chi connectivity index (χ0n) is 15.0. The molecule has 132 valence electrons. The van der Waals surface area contributed by atoms with Crippen LogP contribution in [0.15, 0.2) is 60.8 Å². The highest BCUT2D eigenvalue weighted by Crippen LogP contribution is 2.29. The van der Waals surface area contributed by atoms with E-state index < -0.39 is 0 Å². The van der Waals surface area contributed by atoms with Crippen LogP contribution in [-0.4, -0.2) is 33.9 Å². The van der Waals surface area contributed by atoms with Gasteiger partial charge < -0.3 is 4.90 Å². The minimum Gasteiger partial charge on any atom is -0.342 e. The summed E-state index contributed by atoms with van der Waals surface area (Å²) in [4.78, 5) is 23.9. The SMILES string of the molecule is CC(C(=O)N1CCC(c2ccc3cccnc3n2)CC1)c1ccccc1. The summed E-state index contributed by atoms with van der Waals surface area (Å²) in [6.45, 7) is 3.59. The van der Waals surface area contributed by atoms with Gasteiger partial charge in [-0.3, -0.25) is 4.79 Å². The highest BCUT2D eigenvalue weighted by Gasteiger charge is 2.27. The standard InChI is InChI=1S/C22H23N3O/c1-16(17-6-3-2-4-7-17)22(26)25-14-11-18(12-15-25)20-10-9-19-8-5-13-23-21(19)24-20/h2-10,13,16,18H,11-12,14-15H2,1H3. The number of amides is 1. The van der Waals surface area contributed by atoms with Crippen molar-refractivity contribution in [1.82, 2.24) is 14.9 Å². The topological polar surface area (TPSA) is 46.1 Å². The molecule has 2 aromatic heterocycles. The smallest absolute Gasteiger partial charge is 0.229 e. The quantitative estimate of drug-likeness (QED) is 0.717. The first kappa shape index (κ1) is 16.7. The summed E-state index contributed by atoms with van der Waals surface area (Å²) in [6.07, 6.45) is 3.70. The molecule has 4 heteroatoms. The normalized spacial score (nSPS) is 16.6. The van der Waals surface area contributed by atoms with Crippen molar-refractivity contribution >= 4 is 16.9 Å². The van der Waals surface area contributed by atoms with Crippen LogP contribution in [0.25, 0.3) is 11.0 Å². The lowest BCUT2D eigenvalue weighted by Gasteiger charge is -2.33. The third kappa shape index (κ3) is 3.32. The fourth-order valence-electron chi connectivity index (χ4n) is 3.75. The zero-order valence-corrected chi connectivity index (χ0v) is 15.0. The van der Waals surface area contributed by atoms with Gasteiger partial charge in [0.15, 0.2) is 5.65 Å². The molecule has 0 spiro atoms. The Bertz CT molecular complexity index is 901. The van der Waals surface area contributed by atoms with E-state index in [0.717, 1.165) is 48.2 Å². The van der Waals surface area contributed by atoms with Gasteiger partial charge in [-0.1, -0.05) is 30.3 Å². The molecule has 26 heavy (non-hydrogen) atoms. The van der Waals surface area contributed by atoms with E-state index in [1.54, 1.807) is 6.20 Å². The number of pyridine rings is 2. The molecule has 0 bridgehead atoms. The summed E-state index contributed by atoms with van der Waals surface area (Å²) >= 11 is 0. The highest BCUT2D eigenvalue weighted by molar-refractivity contribution is 5.83. The molecule has 1 aromatic carbocycles. The van der Waals surface area contributed by atoms with Crippen molar-refractivity contribution < 1.29 is 4.79 Å². The van der Waals surface area contributed by atoms with Crippen LogP contribution < -0.4 is 0 Å². The summed E-state index contributed by atoms with van der Waals surface area (Å²) < 4.78 is 0. The van der Waals surface area contributed by atoms with E-state index in [1.807, 2.05) is 54.3 Å². The van der Waals surface area contributed by atoms with Crippen LogP contribution in [0.4, 0.5) is 0 Å². The van der Waals surface area contributed by atoms with Gasteiger partial charge in [-0.15, -0.1) is 0 Å². The van der Waals surface area contributed by atoms with Crippen molar-refractivity contribution in [3.63, 3.8) is 0 Å². The number of rotatable bonds is 3. The lowest BCUT2D eigenvalue weighted by molar-refractivity contribution is -0.133. The van der Waals surface area contributed by atoms with Gasteiger partial charge in [-0.2, -0.15) is 0 Å². The summed E-state index contributed by atoms with van der Waals surface area (Å²) in [7, 11) is 0. The fourth-order valence-corrected chi connectivity index (χ4v) is 3.75. The van der Waals surface area contributed by atoms with Gasteiger partial charge in [0, 0.05) is 36.3 Å². The van der Waals surface area contributed by atoms with Crippen LogP contribution in [0.5, 0.6) is 0 Å². The summed E-state index contributed by atoms with van der Waals surface area (Å²) in [6, 6.07) is 18.2. The predicted octanol–water partition coefficient (Wildman–Crippen LogP) is 4.14. The minimum absolute atomic E-state index is 0.0873. The molecule has 1 aliphatic rings. The van der Waals surface area contributed by atoms with Crippen molar-refractivity contribution in [1.29, 1.82) is 0 Å². The van der Waals surface area contributed by atoms with Crippen LogP contribution in [0.3, 0.4) is 0 Å². The molecule has 1 unspecified atom stereocenters. The zero-order chi connectivity index (χ0) is 17.9. The average Bonchev–Trinajstić information content (AvgIpc) is 2.73. The van der Waals surface area contributed by atoms with E-state index in [1.165, 1.54) is 0 Å². The Balaban J connectivity index is 1.42. The molecule has 0 N–H and O–H groups in total. The van der Waals surface area contributed by atoms with Crippen molar-refractivity contribution in [3.8, 4) is 0 Å². The first-order chi connectivity index (χ1) is 12.7. The van der Waals surface area contributed by atoms with E-state index in [9.17, 15) is 4.79 Å². The number of likely N-dealkylation sites (tertiary alicyclic amines) is 1. The van der Waals surface area contributed by atoms with Gasteiger partial charge >= 0.3 is 0 Å². The number of hydrogen-bond donors (Lipinski definition) is 0. The van der Waals surface area contributed by atoms with Gasteiger partial charge in [0.1, 0.15) is 0 Å². The molecule has 3 heterocycles. The molecule has 0 aliphatic carbocycles. The van der Waals surface area contributed by atoms with E-state index in [0.29, 0.717) is 5.92 Å². The Morgan fingerprint density at radius 2 is 1.81 bits per heavy atom. The molecule has 4 rings (SSSR count). The number of hydrogen-bond acceptors (Lipinski definition) is 3. The Morgan fingerprint density at radius 3 is 2.58 bits per heavy atom. The second-order valence-corrected chi connectivity index (χ2v) is 7.02. The van der Waals surface area contributed by atoms with E-state index in [4.69, 9.17) is 4.98 Å². The maximum Gasteiger partial charge on any atom is 0.229 e. The molecular formula is C22H23N3O. The van der Waals surface area contributed by atoms with Gasteiger partial charge in [-0.25, -0.2) is 9.97 Å². The van der Waals surface area contributed by atoms with Crippen molar-refractivity contribution in [2.24, 2.45) is 0 Å². The summed E-state index contributed by atoms with van der Waals surface area (Å²) in [5.74, 6) is 0.538. The number of carbonyl (C=O) groups is 1. The first-order valence-electron chi connectivity index (χ1n) is 9.28. The lowest BCUT2D eigenvalue weighted by Crippen LogP contribution is -2.40. The van der Waals surface area contributed by atoms with E-state index >= 15 is 0 Å². The number of aromatic nitrogens is 2. The molecule has 1 aliphatic heterocycles. The molecule has 1 amide bonds. The minimum atomic E-state index is -0.0873. The maximum absolute atomic E-state index is 12.8. The second-order valence-electron chi connectivity index (χ2n) is 7.02. The Kier molecular flexibility index (Phi) is 4.65. The lowest BCUT2D eigenvalue weighted by atomic mass is 9.91. The van der Waals surface area contributed by atoms with Crippen LogP contribution in [-0.2, 0) is 4.79 Å². The molecule has 4 nitrogen and oxygen atoms in total. The molecule has 3 aromatic rings. The Labute approximate surface area is 153 Å². The number of fused-ring (bicyclic) bond motifs is 1. The van der Waals surface area contributed by atoms with E-state index in [-0.39, 0.29) is 11.8 Å². The Hall–Kier alpha value is -2.75. The molecular weight excluding hydrogens is 322 g/mol. The summed E-state index contributed by atoms with van der Waals surface area (Å²) in [5, 5.41) is 1.07. The number of benzene rings is 1. The first-order valence-corrected chi connectivity index (χ1v) is 9.28. The Morgan fingerprint density at radius 1 is 1.04 bits per heavy atom. The second kappa shape index (κ2) is 7.24. The third-order valence-corrected chi connectivity index (χ3v) is 5.38. The average molecular weight is 345 g/mol. The monoisotopic (exact) mass is 345 g/mol. The highest BCUT2D eigenvalue weighted by atomic mass is 16.2. The number of nitrogens with zero attached hydrogens (tertiary/aromatic N) is 3. The molecule has 0 radical (unpaired) electrons. The largest absolute Gasteiger partial charge is 0.342 e. The van der Waals surface area contributed by atoms with Crippen molar-refractivity contribution in [2.75, 3.05) is 13.1 Å².